The van der Waals surface area contributed by atoms with Gasteiger partial charge in [0.25, 0.3) is 0 Å². The van der Waals surface area contributed by atoms with Gasteiger partial charge in [0, 0.05) is 42.8 Å². The van der Waals surface area contributed by atoms with E-state index in [0.29, 0.717) is 18.7 Å². The van der Waals surface area contributed by atoms with Crippen LogP contribution in [0.5, 0.6) is 0 Å². The molecule has 2 fully saturated rings. The number of rotatable bonds is 4. The van der Waals surface area contributed by atoms with Gasteiger partial charge in [-0.05, 0) is 56.4 Å². The number of nitrogens with zero attached hydrogens (tertiary/aromatic N) is 2. The zero-order chi connectivity index (χ0) is 20.5. The lowest BCUT2D eigenvalue weighted by atomic mass is 10.0. The Morgan fingerprint density at radius 3 is 2.76 bits per heavy atom. The summed E-state index contributed by atoms with van der Waals surface area (Å²) in [6, 6.07) is 5.26. The van der Waals surface area contributed by atoms with Crippen LogP contribution in [-0.4, -0.2) is 59.1 Å². The lowest BCUT2D eigenvalue weighted by molar-refractivity contribution is 0.116. The Morgan fingerprint density at radius 2 is 2.03 bits per heavy atom. The summed E-state index contributed by atoms with van der Waals surface area (Å²) in [6.45, 7) is 3.37. The molecule has 1 aromatic heterocycles. The number of amides is 4. The molecule has 4 amide bonds. The molecule has 2 aromatic rings. The molecule has 0 radical (unpaired) electrons. The Hall–Kier alpha value is -2.77. The highest BCUT2D eigenvalue weighted by molar-refractivity contribution is 5.81. The van der Waals surface area contributed by atoms with Crippen LogP contribution < -0.4 is 10.6 Å². The number of benzene rings is 1. The van der Waals surface area contributed by atoms with Crippen LogP contribution in [-0.2, 0) is 6.54 Å². The van der Waals surface area contributed by atoms with Gasteiger partial charge in [0.15, 0.2) is 0 Å². The third-order valence-corrected chi connectivity index (χ3v) is 5.85. The van der Waals surface area contributed by atoms with Crippen LogP contribution in [0.3, 0.4) is 0 Å². The van der Waals surface area contributed by atoms with Crippen molar-refractivity contribution >= 4 is 23.0 Å². The van der Waals surface area contributed by atoms with Gasteiger partial charge in [-0.1, -0.05) is 0 Å². The van der Waals surface area contributed by atoms with Crippen LogP contribution in [0.4, 0.5) is 14.0 Å². The van der Waals surface area contributed by atoms with E-state index in [4.69, 9.17) is 0 Å². The smallest absolute Gasteiger partial charge is 0.318 e. The van der Waals surface area contributed by atoms with Crippen LogP contribution in [0, 0.1) is 12.7 Å². The summed E-state index contributed by atoms with van der Waals surface area (Å²) in [6.07, 6.45) is 3.81. The van der Waals surface area contributed by atoms with Crippen LogP contribution in [0.15, 0.2) is 18.2 Å². The minimum absolute atomic E-state index is 0.0352. The molecule has 0 bridgehead atoms. The molecular weight excluding hydrogens is 373 g/mol. The van der Waals surface area contributed by atoms with E-state index in [1.54, 1.807) is 24.9 Å². The van der Waals surface area contributed by atoms with Gasteiger partial charge in [-0.2, -0.15) is 0 Å². The minimum Gasteiger partial charge on any atom is -0.357 e. The Labute approximate surface area is 169 Å². The first kappa shape index (κ1) is 19.5. The number of halogens is 1. The van der Waals surface area contributed by atoms with Gasteiger partial charge in [-0.3, -0.25) is 0 Å². The second kappa shape index (κ2) is 7.93. The highest BCUT2D eigenvalue weighted by Gasteiger charge is 2.39. The molecule has 2 heterocycles. The molecule has 8 heteroatoms. The van der Waals surface area contributed by atoms with Gasteiger partial charge in [0.05, 0.1) is 12.6 Å². The van der Waals surface area contributed by atoms with Crippen molar-refractivity contribution < 1.29 is 14.0 Å². The molecule has 1 saturated heterocycles. The van der Waals surface area contributed by atoms with E-state index in [-0.39, 0.29) is 30.0 Å². The molecule has 3 N–H and O–H groups in total. The average Bonchev–Trinajstić information content (AvgIpc) is 3.47. The lowest BCUT2D eigenvalue weighted by Crippen LogP contribution is -2.56. The zero-order valence-corrected chi connectivity index (χ0v) is 16.9. The maximum absolute atomic E-state index is 13.8. The van der Waals surface area contributed by atoms with E-state index in [2.05, 4.69) is 15.6 Å². The van der Waals surface area contributed by atoms with Crippen LogP contribution in [0.2, 0.25) is 0 Å². The molecule has 29 heavy (non-hydrogen) atoms. The number of likely N-dealkylation sites (tertiary alicyclic amines) is 1. The lowest BCUT2D eigenvalue weighted by Gasteiger charge is -2.39. The molecule has 2 aliphatic rings. The van der Waals surface area contributed by atoms with E-state index < -0.39 is 0 Å². The van der Waals surface area contributed by atoms with Gasteiger partial charge in [0.1, 0.15) is 5.82 Å². The number of nitrogens with one attached hydrogen (secondary N) is 3. The number of fused-ring (bicyclic) bond motifs is 1. The number of piperidine rings is 1. The van der Waals surface area contributed by atoms with Crippen molar-refractivity contribution in [3.8, 4) is 0 Å². The fourth-order valence-corrected chi connectivity index (χ4v) is 4.19. The average molecular weight is 401 g/mol. The van der Waals surface area contributed by atoms with Crippen molar-refractivity contribution in [2.24, 2.45) is 0 Å². The number of hydrogen-bond acceptors (Lipinski definition) is 2. The van der Waals surface area contributed by atoms with E-state index in [0.717, 1.165) is 48.8 Å². The number of carbonyl (C=O) groups is 2. The number of carbonyl (C=O) groups excluding carboxylic acids is 2. The standard InChI is InChI=1S/C21H28FN5O2/c1-13-8-19-14(10-18(13)22)9-15(25-19)11-24-21(29)27(16-5-6-16)17-4-3-7-26(12-17)20(28)23-2/h8-10,16-17,25H,3-7,11-12H2,1-2H3,(H,23,28)(H,24,29)/t17-/m1/s1. The molecule has 7 nitrogen and oxygen atoms in total. The van der Waals surface area contributed by atoms with Gasteiger partial charge in [0.2, 0.25) is 0 Å². The van der Waals surface area contributed by atoms with E-state index in [9.17, 15) is 14.0 Å². The van der Waals surface area contributed by atoms with Crippen molar-refractivity contribution in [1.82, 2.24) is 25.4 Å². The summed E-state index contributed by atoms with van der Waals surface area (Å²) < 4.78 is 13.8. The highest BCUT2D eigenvalue weighted by Crippen LogP contribution is 2.31. The first-order chi connectivity index (χ1) is 14.0. The summed E-state index contributed by atoms with van der Waals surface area (Å²) >= 11 is 0. The highest BCUT2D eigenvalue weighted by atomic mass is 19.1. The number of hydrogen-bond donors (Lipinski definition) is 3. The second-order valence-electron chi connectivity index (χ2n) is 8.08. The van der Waals surface area contributed by atoms with Gasteiger partial charge in [-0.15, -0.1) is 0 Å². The Balaban J connectivity index is 1.42. The van der Waals surface area contributed by atoms with E-state index in [1.807, 2.05) is 11.0 Å². The van der Waals surface area contributed by atoms with Crippen molar-refractivity contribution in [2.75, 3.05) is 20.1 Å². The first-order valence-electron chi connectivity index (χ1n) is 10.3. The Bertz CT molecular complexity index is 884. The fraction of sp³-hybridized carbons (Fsp3) is 0.524. The van der Waals surface area contributed by atoms with E-state index in [1.165, 1.54) is 6.07 Å². The van der Waals surface area contributed by atoms with Crippen LogP contribution in [0.1, 0.15) is 36.9 Å². The molecule has 1 aliphatic heterocycles. The number of aromatic nitrogens is 1. The maximum atomic E-state index is 13.8. The molecule has 1 aromatic carbocycles. The monoisotopic (exact) mass is 401 g/mol. The quantitative estimate of drug-likeness (QED) is 0.736. The SMILES string of the molecule is CNC(=O)N1CCC[C@@H](N(C(=O)NCc2cc3cc(F)c(C)cc3[nH]2)C2CC2)C1. The summed E-state index contributed by atoms with van der Waals surface area (Å²) in [4.78, 5) is 32.0. The molecule has 1 atom stereocenters. The molecule has 1 aliphatic carbocycles. The second-order valence-corrected chi connectivity index (χ2v) is 8.08. The normalized spacial score (nSPS) is 19.3. The van der Waals surface area contributed by atoms with Gasteiger partial charge in [-0.25, -0.2) is 14.0 Å². The van der Waals surface area contributed by atoms with E-state index >= 15 is 0 Å². The summed E-state index contributed by atoms with van der Waals surface area (Å²) in [5.41, 5.74) is 2.29. The maximum Gasteiger partial charge on any atom is 0.318 e. The molecule has 1 saturated carbocycles. The predicted molar refractivity (Wildman–Crippen MR) is 109 cm³/mol. The Morgan fingerprint density at radius 1 is 1.24 bits per heavy atom. The summed E-state index contributed by atoms with van der Waals surface area (Å²) in [7, 11) is 1.63. The predicted octanol–water partition coefficient (Wildman–Crippen LogP) is 3.09. The number of urea groups is 2. The molecule has 156 valence electrons. The van der Waals surface area contributed by atoms with Gasteiger partial charge >= 0.3 is 12.1 Å². The minimum atomic E-state index is -0.232. The first-order valence-corrected chi connectivity index (χ1v) is 10.3. The topological polar surface area (TPSA) is 80.5 Å². The van der Waals surface area contributed by atoms with Crippen LogP contribution in [0.25, 0.3) is 10.9 Å². The van der Waals surface area contributed by atoms with Crippen molar-refractivity contribution in [1.29, 1.82) is 0 Å². The fourth-order valence-electron chi connectivity index (χ4n) is 4.19. The molecule has 0 unspecified atom stereocenters. The summed E-state index contributed by atoms with van der Waals surface area (Å²) in [5, 5.41) is 6.48. The van der Waals surface area contributed by atoms with Crippen LogP contribution >= 0.6 is 0 Å². The van der Waals surface area contributed by atoms with Crippen molar-refractivity contribution in [3.63, 3.8) is 0 Å². The third-order valence-electron chi connectivity index (χ3n) is 5.85. The molecule has 4 rings (SSSR count). The molecule has 0 spiro atoms. The van der Waals surface area contributed by atoms with Crippen molar-refractivity contribution in [3.05, 3.63) is 35.3 Å². The number of H-pyrrole nitrogens is 1. The largest absolute Gasteiger partial charge is 0.357 e. The third kappa shape index (κ3) is 4.16. The number of aryl methyl sites for hydroxylation is 1. The van der Waals surface area contributed by atoms with Crippen molar-refractivity contribution in [2.45, 2.75) is 51.2 Å². The Kier molecular flexibility index (Phi) is 5.34. The van der Waals surface area contributed by atoms with Gasteiger partial charge < -0.3 is 25.4 Å². The summed E-state index contributed by atoms with van der Waals surface area (Å²) in [5.74, 6) is -0.232. The zero-order valence-electron chi connectivity index (χ0n) is 16.9. The molecular formula is C21H28FN5O2. The number of aromatic amines is 1.